The molecule has 1 atom stereocenters. The second-order valence-electron chi connectivity index (χ2n) is 6.13. The van der Waals surface area contributed by atoms with Crippen molar-refractivity contribution in [3.63, 3.8) is 0 Å². The number of amides is 1. The normalized spacial score (nSPS) is 12.7. The lowest BCUT2D eigenvalue weighted by atomic mass is 10.2. The van der Waals surface area contributed by atoms with Crippen molar-refractivity contribution < 1.29 is 9.53 Å². The van der Waals surface area contributed by atoms with Crippen LogP contribution in [0, 0.1) is 0 Å². The van der Waals surface area contributed by atoms with Crippen molar-refractivity contribution >= 4 is 11.9 Å². The summed E-state index contributed by atoms with van der Waals surface area (Å²) in [7, 11) is 0. The van der Waals surface area contributed by atoms with Crippen molar-refractivity contribution in [2.24, 2.45) is 0 Å². The fraction of sp³-hybridized carbons (Fsp3) is 0.467. The van der Waals surface area contributed by atoms with Crippen LogP contribution in [0.4, 0.5) is 10.6 Å². The Balaban J connectivity index is 1.92. The summed E-state index contributed by atoms with van der Waals surface area (Å²) in [6, 6.07) is 0.0213. The van der Waals surface area contributed by atoms with Crippen LogP contribution in [-0.2, 0) is 11.3 Å². The van der Waals surface area contributed by atoms with E-state index < -0.39 is 11.7 Å². The number of nitrogens with zero attached hydrogens (tertiary/aromatic N) is 3. The highest BCUT2D eigenvalue weighted by Gasteiger charge is 2.18. The predicted octanol–water partition coefficient (Wildman–Crippen LogP) is 2.40. The third-order valence-electron chi connectivity index (χ3n) is 2.97. The number of anilines is 1. The van der Waals surface area contributed by atoms with Crippen LogP contribution in [-0.4, -0.2) is 31.9 Å². The van der Waals surface area contributed by atoms with Crippen molar-refractivity contribution in [1.82, 2.24) is 25.5 Å². The number of aromatic nitrogens is 4. The van der Waals surface area contributed by atoms with Crippen LogP contribution in [0.15, 0.2) is 24.8 Å². The molecule has 8 heteroatoms. The molecule has 0 bridgehead atoms. The molecule has 2 rings (SSSR count). The molecule has 2 heterocycles. The zero-order chi connectivity index (χ0) is 16.9. The van der Waals surface area contributed by atoms with E-state index in [1.807, 2.05) is 27.7 Å². The first-order chi connectivity index (χ1) is 10.8. The van der Waals surface area contributed by atoms with Gasteiger partial charge < -0.3 is 10.1 Å². The number of aromatic amines is 1. The largest absolute Gasteiger partial charge is 0.444 e. The second kappa shape index (κ2) is 7.19. The number of rotatable bonds is 5. The molecule has 0 radical (unpaired) electrons. The first-order valence-electron chi connectivity index (χ1n) is 7.36. The van der Waals surface area contributed by atoms with Crippen molar-refractivity contribution in [2.45, 2.75) is 45.9 Å². The number of hydrogen-bond acceptors (Lipinski definition) is 6. The molecule has 0 aliphatic rings. The Bertz CT molecular complexity index is 635. The molecule has 23 heavy (non-hydrogen) atoms. The molecule has 0 aromatic carbocycles. The Morgan fingerprint density at radius 2 is 2.13 bits per heavy atom. The number of ether oxygens (including phenoxy) is 1. The van der Waals surface area contributed by atoms with Gasteiger partial charge in [0.2, 0.25) is 0 Å². The smallest absolute Gasteiger partial charge is 0.413 e. The van der Waals surface area contributed by atoms with E-state index in [-0.39, 0.29) is 6.04 Å². The molecule has 0 saturated heterocycles. The van der Waals surface area contributed by atoms with Gasteiger partial charge in [0.05, 0.1) is 11.9 Å². The zero-order valence-corrected chi connectivity index (χ0v) is 13.8. The van der Waals surface area contributed by atoms with E-state index in [9.17, 15) is 4.79 Å². The topological polar surface area (TPSA) is 105 Å². The maximum absolute atomic E-state index is 11.8. The SMILES string of the molecule is CC(NCc1cn[nH]c1NC(=O)OC(C)(C)C)c1cnccn1. The quantitative estimate of drug-likeness (QED) is 0.782. The van der Waals surface area contributed by atoms with Gasteiger partial charge in [-0.3, -0.25) is 20.4 Å². The summed E-state index contributed by atoms with van der Waals surface area (Å²) in [5, 5.41) is 12.7. The summed E-state index contributed by atoms with van der Waals surface area (Å²) in [6.45, 7) is 7.93. The summed E-state index contributed by atoms with van der Waals surface area (Å²) in [4.78, 5) is 20.1. The van der Waals surface area contributed by atoms with Gasteiger partial charge in [0.25, 0.3) is 0 Å². The first kappa shape index (κ1) is 16.9. The zero-order valence-electron chi connectivity index (χ0n) is 13.8. The van der Waals surface area contributed by atoms with Gasteiger partial charge >= 0.3 is 6.09 Å². The highest BCUT2D eigenvalue weighted by atomic mass is 16.6. The summed E-state index contributed by atoms with van der Waals surface area (Å²) in [6.07, 6.45) is 6.14. The molecule has 0 aliphatic heterocycles. The van der Waals surface area contributed by atoms with Crippen molar-refractivity contribution in [3.05, 3.63) is 36.0 Å². The number of nitrogens with one attached hydrogen (secondary N) is 3. The molecule has 1 unspecified atom stereocenters. The van der Waals surface area contributed by atoms with Gasteiger partial charge in [0.1, 0.15) is 11.4 Å². The van der Waals surface area contributed by atoms with Crippen LogP contribution >= 0.6 is 0 Å². The van der Waals surface area contributed by atoms with Gasteiger partial charge in [-0.1, -0.05) is 0 Å². The number of carbonyl (C=O) groups is 1. The predicted molar refractivity (Wildman–Crippen MR) is 85.7 cm³/mol. The minimum atomic E-state index is -0.553. The fourth-order valence-corrected chi connectivity index (χ4v) is 1.86. The maximum Gasteiger partial charge on any atom is 0.413 e. The van der Waals surface area contributed by atoms with Gasteiger partial charge in [-0.25, -0.2) is 4.79 Å². The van der Waals surface area contributed by atoms with Gasteiger partial charge in [0, 0.05) is 36.7 Å². The lowest BCUT2D eigenvalue weighted by molar-refractivity contribution is 0.0635. The Morgan fingerprint density at radius 3 is 2.78 bits per heavy atom. The highest BCUT2D eigenvalue weighted by molar-refractivity contribution is 5.84. The van der Waals surface area contributed by atoms with Gasteiger partial charge in [0.15, 0.2) is 0 Å². The Labute approximate surface area is 135 Å². The Morgan fingerprint density at radius 1 is 1.35 bits per heavy atom. The summed E-state index contributed by atoms with van der Waals surface area (Å²) >= 11 is 0. The van der Waals surface area contributed by atoms with E-state index in [0.29, 0.717) is 12.4 Å². The molecule has 124 valence electrons. The fourth-order valence-electron chi connectivity index (χ4n) is 1.86. The van der Waals surface area contributed by atoms with Crippen LogP contribution in [0.25, 0.3) is 0 Å². The van der Waals surface area contributed by atoms with E-state index in [2.05, 4.69) is 30.8 Å². The minimum absolute atomic E-state index is 0.0213. The van der Waals surface area contributed by atoms with Gasteiger partial charge in [-0.05, 0) is 27.7 Å². The van der Waals surface area contributed by atoms with Crippen LogP contribution < -0.4 is 10.6 Å². The van der Waals surface area contributed by atoms with Crippen LogP contribution in [0.5, 0.6) is 0 Å². The van der Waals surface area contributed by atoms with Gasteiger partial charge in [-0.2, -0.15) is 5.10 Å². The molecule has 0 spiro atoms. The monoisotopic (exact) mass is 318 g/mol. The van der Waals surface area contributed by atoms with E-state index in [0.717, 1.165) is 11.3 Å². The third kappa shape index (κ3) is 5.33. The molecule has 0 aliphatic carbocycles. The first-order valence-corrected chi connectivity index (χ1v) is 7.36. The van der Waals surface area contributed by atoms with E-state index in [4.69, 9.17) is 4.74 Å². The molecular formula is C15H22N6O2. The van der Waals surface area contributed by atoms with E-state index in [1.54, 1.807) is 24.8 Å². The lowest BCUT2D eigenvalue weighted by Gasteiger charge is -2.19. The number of carbonyl (C=O) groups excluding carboxylic acids is 1. The van der Waals surface area contributed by atoms with E-state index >= 15 is 0 Å². The lowest BCUT2D eigenvalue weighted by Crippen LogP contribution is -2.28. The molecule has 8 nitrogen and oxygen atoms in total. The molecule has 1 amide bonds. The maximum atomic E-state index is 11.8. The van der Waals surface area contributed by atoms with Gasteiger partial charge in [-0.15, -0.1) is 0 Å². The number of H-pyrrole nitrogens is 1. The highest BCUT2D eigenvalue weighted by Crippen LogP contribution is 2.15. The van der Waals surface area contributed by atoms with Crippen molar-refractivity contribution in [2.75, 3.05) is 5.32 Å². The summed E-state index contributed by atoms with van der Waals surface area (Å²) < 4.78 is 5.22. The van der Waals surface area contributed by atoms with Crippen LogP contribution in [0.1, 0.15) is 45.0 Å². The second-order valence-corrected chi connectivity index (χ2v) is 6.13. The average Bonchev–Trinajstić information content (AvgIpc) is 2.90. The average molecular weight is 318 g/mol. The standard InChI is InChI=1S/C15H22N6O2/c1-10(12-9-16-5-6-17-12)18-7-11-8-19-21-13(11)20-14(22)23-15(2,3)4/h5-6,8-10,18H,7H2,1-4H3,(H2,19,20,21,22). The summed E-state index contributed by atoms with van der Waals surface area (Å²) in [5.41, 5.74) is 1.12. The Kier molecular flexibility index (Phi) is 5.28. The van der Waals surface area contributed by atoms with E-state index in [1.165, 1.54) is 0 Å². The summed E-state index contributed by atoms with van der Waals surface area (Å²) in [5.74, 6) is 0.512. The van der Waals surface area contributed by atoms with Crippen LogP contribution in [0.3, 0.4) is 0 Å². The molecule has 2 aromatic rings. The Hall–Kier alpha value is -2.48. The van der Waals surface area contributed by atoms with Crippen molar-refractivity contribution in [1.29, 1.82) is 0 Å². The number of hydrogen-bond donors (Lipinski definition) is 3. The molecular weight excluding hydrogens is 296 g/mol. The van der Waals surface area contributed by atoms with Crippen LogP contribution in [0.2, 0.25) is 0 Å². The van der Waals surface area contributed by atoms with Crippen molar-refractivity contribution in [3.8, 4) is 0 Å². The molecule has 0 fully saturated rings. The molecule has 2 aromatic heterocycles. The molecule has 3 N–H and O–H groups in total. The third-order valence-corrected chi connectivity index (χ3v) is 2.97. The molecule has 0 saturated carbocycles. The minimum Gasteiger partial charge on any atom is -0.444 e.